The molecule has 4 atom stereocenters. The molecule has 0 aliphatic carbocycles. The Kier molecular flexibility index (Phi) is 13.9. The van der Waals surface area contributed by atoms with Crippen molar-refractivity contribution in [2.75, 3.05) is 7.11 Å². The molecule has 0 saturated heterocycles. The molecule has 0 radical (unpaired) electrons. The van der Waals surface area contributed by atoms with Gasteiger partial charge in [-0.05, 0) is 42.6 Å². The lowest BCUT2D eigenvalue weighted by molar-refractivity contribution is -0.145. The van der Waals surface area contributed by atoms with Gasteiger partial charge in [-0.25, -0.2) is 4.79 Å². The minimum absolute atomic E-state index is 0.0827. The predicted molar refractivity (Wildman–Crippen MR) is 144 cm³/mol. The fourth-order valence-electron chi connectivity index (χ4n) is 4.03. The fraction of sp³-hybridized carbons (Fsp3) is 0.643. The van der Waals surface area contributed by atoms with Gasteiger partial charge in [0.05, 0.1) is 13.2 Å². The zero-order valence-electron chi connectivity index (χ0n) is 23.4. The molecule has 1 aromatic rings. The van der Waals surface area contributed by atoms with Crippen LogP contribution in [0.1, 0.15) is 66.4 Å². The molecule has 1 aromatic carbocycles. The average Bonchev–Trinajstić information content (AvgIpc) is 2.81. The Balaban J connectivity index is 3.04. The number of hydrogen-bond donors (Lipinski definition) is 4. The zero-order chi connectivity index (χ0) is 28.1. The number of esters is 1. The van der Waals surface area contributed by atoms with E-state index in [2.05, 4.69) is 16.0 Å². The Morgan fingerprint density at radius 3 is 1.57 bits per heavy atom. The molecule has 0 heterocycles. The van der Waals surface area contributed by atoms with E-state index in [1.165, 1.54) is 7.11 Å². The van der Waals surface area contributed by atoms with Gasteiger partial charge in [-0.2, -0.15) is 0 Å². The summed E-state index contributed by atoms with van der Waals surface area (Å²) in [6.07, 6.45) is 1.49. The van der Waals surface area contributed by atoms with Crippen molar-refractivity contribution in [2.45, 2.75) is 91.4 Å². The van der Waals surface area contributed by atoms with E-state index in [0.29, 0.717) is 19.3 Å². The van der Waals surface area contributed by atoms with Crippen LogP contribution in [0, 0.1) is 17.8 Å². The maximum absolute atomic E-state index is 13.3. The molecule has 0 aliphatic heterocycles. The molecule has 0 spiro atoms. The molecule has 3 amide bonds. The number of amides is 3. The minimum Gasteiger partial charge on any atom is -0.467 e. The van der Waals surface area contributed by atoms with E-state index < -0.39 is 47.9 Å². The number of nitrogens with one attached hydrogen (secondary N) is 3. The molecule has 1 rings (SSSR count). The second-order valence-corrected chi connectivity index (χ2v) is 10.9. The van der Waals surface area contributed by atoms with Crippen LogP contribution in [0.5, 0.6) is 0 Å². The Morgan fingerprint density at radius 1 is 0.703 bits per heavy atom. The average molecular weight is 519 g/mol. The van der Waals surface area contributed by atoms with Crippen LogP contribution in [-0.4, -0.2) is 55.0 Å². The molecule has 0 aromatic heterocycles. The van der Waals surface area contributed by atoms with Crippen molar-refractivity contribution in [3.8, 4) is 0 Å². The normalized spacial score (nSPS) is 14.6. The van der Waals surface area contributed by atoms with Gasteiger partial charge in [0, 0.05) is 6.42 Å². The predicted octanol–water partition coefficient (Wildman–Crippen LogP) is 2.32. The van der Waals surface area contributed by atoms with E-state index >= 15 is 0 Å². The van der Waals surface area contributed by atoms with Crippen LogP contribution in [0.2, 0.25) is 0 Å². The number of methoxy groups -OCH3 is 1. The minimum atomic E-state index is -0.911. The second kappa shape index (κ2) is 16.0. The largest absolute Gasteiger partial charge is 0.467 e. The van der Waals surface area contributed by atoms with E-state index in [0.717, 1.165) is 5.56 Å². The van der Waals surface area contributed by atoms with Crippen molar-refractivity contribution in [3.63, 3.8) is 0 Å². The molecule has 208 valence electrons. The number of carbonyl (C=O) groups excluding carboxylic acids is 4. The van der Waals surface area contributed by atoms with Crippen LogP contribution in [0.4, 0.5) is 0 Å². The quantitative estimate of drug-likeness (QED) is 0.263. The zero-order valence-corrected chi connectivity index (χ0v) is 23.4. The van der Waals surface area contributed by atoms with Gasteiger partial charge < -0.3 is 26.4 Å². The van der Waals surface area contributed by atoms with E-state index in [1.54, 1.807) is 0 Å². The van der Waals surface area contributed by atoms with Crippen LogP contribution < -0.4 is 21.7 Å². The summed E-state index contributed by atoms with van der Waals surface area (Å²) < 4.78 is 4.90. The van der Waals surface area contributed by atoms with Crippen molar-refractivity contribution in [2.24, 2.45) is 23.5 Å². The molecule has 5 N–H and O–H groups in total. The summed E-state index contributed by atoms with van der Waals surface area (Å²) in [5.74, 6) is -1.49. The van der Waals surface area contributed by atoms with Gasteiger partial charge in [0.15, 0.2) is 0 Å². The van der Waals surface area contributed by atoms with Crippen LogP contribution in [0.15, 0.2) is 30.3 Å². The number of carbonyl (C=O) groups is 4. The van der Waals surface area contributed by atoms with E-state index in [4.69, 9.17) is 10.5 Å². The van der Waals surface area contributed by atoms with Crippen molar-refractivity contribution in [1.82, 2.24) is 16.0 Å². The van der Waals surface area contributed by atoms with Crippen LogP contribution >= 0.6 is 0 Å². The molecule has 0 saturated carbocycles. The van der Waals surface area contributed by atoms with Crippen molar-refractivity contribution >= 4 is 23.7 Å². The maximum Gasteiger partial charge on any atom is 0.328 e. The monoisotopic (exact) mass is 518 g/mol. The molecule has 9 nitrogen and oxygen atoms in total. The summed E-state index contributed by atoms with van der Waals surface area (Å²) in [5.41, 5.74) is 6.88. The maximum atomic E-state index is 13.3. The van der Waals surface area contributed by atoms with Crippen LogP contribution in [0.3, 0.4) is 0 Å². The summed E-state index contributed by atoms with van der Waals surface area (Å²) in [7, 11) is 1.27. The first-order valence-electron chi connectivity index (χ1n) is 13.1. The highest BCUT2D eigenvalue weighted by molar-refractivity contribution is 5.94. The van der Waals surface area contributed by atoms with Gasteiger partial charge >= 0.3 is 5.97 Å². The lowest BCUT2D eigenvalue weighted by Gasteiger charge is -2.27. The molecule has 0 aliphatic rings. The molecule has 9 heteroatoms. The van der Waals surface area contributed by atoms with Gasteiger partial charge in [0.2, 0.25) is 17.7 Å². The molecule has 4 unspecified atom stereocenters. The third-order valence-corrected chi connectivity index (χ3v) is 5.83. The van der Waals surface area contributed by atoms with Crippen molar-refractivity contribution in [3.05, 3.63) is 35.9 Å². The molecular formula is C28H46N4O5. The summed E-state index contributed by atoms with van der Waals surface area (Å²) in [4.78, 5) is 51.7. The first-order chi connectivity index (χ1) is 17.3. The first kappa shape index (κ1) is 32.1. The Labute approximate surface area is 221 Å². The lowest BCUT2D eigenvalue weighted by atomic mass is 9.98. The number of benzene rings is 1. The highest BCUT2D eigenvalue weighted by atomic mass is 16.5. The number of nitrogens with two attached hydrogens (primary N) is 1. The summed E-state index contributed by atoms with van der Waals surface area (Å²) in [5, 5.41) is 8.33. The third kappa shape index (κ3) is 12.2. The Hall–Kier alpha value is -2.94. The third-order valence-electron chi connectivity index (χ3n) is 5.83. The van der Waals surface area contributed by atoms with Crippen molar-refractivity contribution in [1.29, 1.82) is 0 Å². The number of hydrogen-bond acceptors (Lipinski definition) is 6. The molecule has 37 heavy (non-hydrogen) atoms. The molecular weight excluding hydrogens is 472 g/mol. The van der Waals surface area contributed by atoms with Gasteiger partial charge in [-0.1, -0.05) is 71.9 Å². The number of rotatable bonds is 15. The highest BCUT2D eigenvalue weighted by Gasteiger charge is 2.31. The van der Waals surface area contributed by atoms with E-state index in [9.17, 15) is 19.2 Å². The Morgan fingerprint density at radius 2 is 1.14 bits per heavy atom. The Bertz CT molecular complexity index is 873. The fourth-order valence-corrected chi connectivity index (χ4v) is 4.03. The van der Waals surface area contributed by atoms with Crippen LogP contribution in [0.25, 0.3) is 0 Å². The summed E-state index contributed by atoms with van der Waals surface area (Å²) >= 11 is 0. The van der Waals surface area contributed by atoms with Gasteiger partial charge in [0.25, 0.3) is 0 Å². The first-order valence-corrected chi connectivity index (χ1v) is 13.1. The van der Waals surface area contributed by atoms with Gasteiger partial charge in [-0.3, -0.25) is 14.4 Å². The topological polar surface area (TPSA) is 140 Å². The summed E-state index contributed by atoms with van der Waals surface area (Å²) in [6.45, 7) is 11.7. The van der Waals surface area contributed by atoms with Gasteiger partial charge in [-0.15, -0.1) is 0 Å². The SMILES string of the molecule is COC(=O)C(Cc1ccccc1)NC(=O)C(CC(C)C)NC(=O)C(CC(C)C)NC(=O)C(N)CC(C)C. The smallest absolute Gasteiger partial charge is 0.328 e. The van der Waals surface area contributed by atoms with Gasteiger partial charge in [0.1, 0.15) is 18.1 Å². The standard InChI is InChI=1S/C28H46N4O5/c1-17(2)13-21(29)25(33)30-22(14-18(3)4)26(34)31-23(15-19(5)6)27(35)32-24(28(36)37-7)16-20-11-9-8-10-12-20/h8-12,17-19,21-24H,13-16,29H2,1-7H3,(H,30,33)(H,31,34)(H,32,35). The molecule has 0 fully saturated rings. The lowest BCUT2D eigenvalue weighted by Crippen LogP contribution is -2.57. The van der Waals surface area contributed by atoms with E-state index in [1.807, 2.05) is 71.9 Å². The highest BCUT2D eigenvalue weighted by Crippen LogP contribution is 2.11. The van der Waals surface area contributed by atoms with Crippen molar-refractivity contribution < 1.29 is 23.9 Å². The number of ether oxygens (including phenoxy) is 1. The van der Waals surface area contributed by atoms with E-state index in [-0.39, 0.29) is 24.2 Å². The second-order valence-electron chi connectivity index (χ2n) is 10.9. The van der Waals surface area contributed by atoms with Crippen LogP contribution in [-0.2, 0) is 30.3 Å². The molecule has 0 bridgehead atoms. The summed E-state index contributed by atoms with van der Waals surface area (Å²) in [6, 6.07) is 5.92.